The van der Waals surface area contributed by atoms with Gasteiger partial charge in [0.2, 0.25) is 0 Å². The van der Waals surface area contributed by atoms with Crippen molar-refractivity contribution in [2.24, 2.45) is 0 Å². The zero-order valence-electron chi connectivity index (χ0n) is 9.26. The van der Waals surface area contributed by atoms with E-state index in [4.69, 9.17) is 0 Å². The lowest BCUT2D eigenvalue weighted by molar-refractivity contribution is 0.627. The lowest BCUT2D eigenvalue weighted by Gasteiger charge is -2.03. The van der Waals surface area contributed by atoms with Crippen molar-refractivity contribution in [1.29, 1.82) is 0 Å². The quantitative estimate of drug-likeness (QED) is 0.640. The zero-order valence-corrected chi connectivity index (χ0v) is 9.26. The Hall–Kier alpha value is -2.23. The minimum absolute atomic E-state index is 0.226. The summed E-state index contributed by atoms with van der Waals surface area (Å²) in [6.45, 7) is 1.88. The van der Waals surface area contributed by atoms with E-state index in [1.54, 1.807) is 23.0 Å². The molecule has 2 heterocycles. The maximum absolute atomic E-state index is 13.1. The van der Waals surface area contributed by atoms with E-state index < -0.39 is 0 Å². The summed E-state index contributed by atoms with van der Waals surface area (Å²) < 4.78 is 14.8. The van der Waals surface area contributed by atoms with Crippen LogP contribution in [0.2, 0.25) is 0 Å². The first-order chi connectivity index (χ1) is 8.25. The first kappa shape index (κ1) is 9.96. The fraction of sp³-hybridized carbons (Fsp3) is 0.0769. The number of hydrogen-bond acceptors (Lipinski definition) is 2. The van der Waals surface area contributed by atoms with E-state index in [2.05, 4.69) is 10.1 Å². The Labute approximate surface area is 97.5 Å². The van der Waals surface area contributed by atoms with Gasteiger partial charge < -0.3 is 0 Å². The molecular weight excluding hydrogens is 217 g/mol. The predicted octanol–water partition coefficient (Wildman–Crippen LogP) is 2.84. The standard InChI is InChI=1S/C13H10FN3/c1-9-7-10(14)3-4-11(9)12-8-16-17-6-2-5-15-13(12)17/h2-8H,1H3. The van der Waals surface area contributed by atoms with Gasteiger partial charge in [-0.25, -0.2) is 13.9 Å². The summed E-state index contributed by atoms with van der Waals surface area (Å²) in [7, 11) is 0. The van der Waals surface area contributed by atoms with Crippen LogP contribution in [0.5, 0.6) is 0 Å². The van der Waals surface area contributed by atoms with Crippen LogP contribution in [0.15, 0.2) is 42.9 Å². The second kappa shape index (κ2) is 3.66. The van der Waals surface area contributed by atoms with Crippen molar-refractivity contribution in [3.05, 3.63) is 54.2 Å². The third-order valence-corrected chi connectivity index (χ3v) is 2.76. The summed E-state index contributed by atoms with van der Waals surface area (Å²) in [6, 6.07) is 6.55. The molecule has 3 aromatic rings. The number of halogens is 1. The van der Waals surface area contributed by atoms with E-state index in [9.17, 15) is 4.39 Å². The van der Waals surface area contributed by atoms with Crippen LogP contribution in [-0.2, 0) is 0 Å². The van der Waals surface area contributed by atoms with Gasteiger partial charge in [0, 0.05) is 18.0 Å². The maximum Gasteiger partial charge on any atom is 0.162 e. The van der Waals surface area contributed by atoms with Gasteiger partial charge in [-0.2, -0.15) is 5.10 Å². The fourth-order valence-corrected chi connectivity index (χ4v) is 1.95. The molecule has 0 aliphatic rings. The molecule has 0 unspecified atom stereocenters. The van der Waals surface area contributed by atoms with Gasteiger partial charge in [0.15, 0.2) is 5.65 Å². The van der Waals surface area contributed by atoms with Crippen LogP contribution >= 0.6 is 0 Å². The summed E-state index contributed by atoms with van der Waals surface area (Å²) in [6.07, 6.45) is 5.31. The number of rotatable bonds is 1. The van der Waals surface area contributed by atoms with Gasteiger partial charge in [-0.3, -0.25) is 0 Å². The molecule has 0 spiro atoms. The number of nitrogens with zero attached hydrogens (tertiary/aromatic N) is 3. The van der Waals surface area contributed by atoms with Crippen LogP contribution in [-0.4, -0.2) is 14.6 Å². The Kier molecular flexibility index (Phi) is 2.14. The van der Waals surface area contributed by atoms with Crippen molar-refractivity contribution < 1.29 is 4.39 Å². The summed E-state index contributed by atoms with van der Waals surface area (Å²) in [5.74, 6) is -0.226. The van der Waals surface area contributed by atoms with Crippen molar-refractivity contribution in [1.82, 2.24) is 14.6 Å². The second-order valence-corrected chi connectivity index (χ2v) is 3.91. The highest BCUT2D eigenvalue weighted by Crippen LogP contribution is 2.26. The lowest BCUT2D eigenvalue weighted by Crippen LogP contribution is -1.89. The molecular formula is C13H10FN3. The van der Waals surface area contributed by atoms with Gasteiger partial charge in [-0.15, -0.1) is 0 Å². The van der Waals surface area contributed by atoms with Crippen molar-refractivity contribution in [2.75, 3.05) is 0 Å². The summed E-state index contributed by atoms with van der Waals surface area (Å²) in [5.41, 5.74) is 3.54. The van der Waals surface area contributed by atoms with Gasteiger partial charge in [-0.05, 0) is 36.2 Å². The first-order valence-electron chi connectivity index (χ1n) is 5.30. The molecule has 0 saturated carbocycles. The molecule has 0 bridgehead atoms. The number of fused-ring (bicyclic) bond motifs is 1. The van der Waals surface area contributed by atoms with E-state index in [0.717, 1.165) is 22.3 Å². The SMILES string of the molecule is Cc1cc(F)ccc1-c1cnn2cccnc12. The van der Waals surface area contributed by atoms with Crippen LogP contribution in [0.25, 0.3) is 16.8 Å². The van der Waals surface area contributed by atoms with Crippen molar-refractivity contribution in [2.45, 2.75) is 6.92 Å². The van der Waals surface area contributed by atoms with Crippen LogP contribution < -0.4 is 0 Å². The minimum Gasteiger partial charge on any atom is -0.236 e. The summed E-state index contributed by atoms with van der Waals surface area (Å²) >= 11 is 0. The first-order valence-corrected chi connectivity index (χ1v) is 5.30. The number of aromatic nitrogens is 3. The topological polar surface area (TPSA) is 30.2 Å². The minimum atomic E-state index is -0.226. The third-order valence-electron chi connectivity index (χ3n) is 2.76. The van der Waals surface area contributed by atoms with Crippen molar-refractivity contribution >= 4 is 5.65 Å². The molecule has 0 fully saturated rings. The van der Waals surface area contributed by atoms with Crippen LogP contribution in [0, 0.1) is 12.7 Å². The average molecular weight is 227 g/mol. The molecule has 4 heteroatoms. The lowest BCUT2D eigenvalue weighted by atomic mass is 10.0. The highest BCUT2D eigenvalue weighted by molar-refractivity contribution is 5.78. The fourth-order valence-electron chi connectivity index (χ4n) is 1.95. The van der Waals surface area contributed by atoms with Gasteiger partial charge >= 0.3 is 0 Å². The van der Waals surface area contributed by atoms with Gasteiger partial charge in [0.25, 0.3) is 0 Å². The molecule has 0 radical (unpaired) electrons. The predicted molar refractivity (Wildman–Crippen MR) is 63.1 cm³/mol. The van der Waals surface area contributed by atoms with E-state index in [0.29, 0.717) is 0 Å². The summed E-state index contributed by atoms with van der Waals surface area (Å²) in [5, 5.41) is 4.22. The van der Waals surface area contributed by atoms with E-state index in [1.807, 2.05) is 19.2 Å². The third kappa shape index (κ3) is 1.58. The molecule has 0 aliphatic heterocycles. The molecule has 0 N–H and O–H groups in total. The maximum atomic E-state index is 13.1. The Balaban J connectivity index is 2.27. The molecule has 0 atom stereocenters. The molecule has 2 aromatic heterocycles. The Morgan fingerprint density at radius 2 is 2.12 bits per heavy atom. The summed E-state index contributed by atoms with van der Waals surface area (Å²) in [4.78, 5) is 4.29. The van der Waals surface area contributed by atoms with Crippen molar-refractivity contribution in [3.8, 4) is 11.1 Å². The number of hydrogen-bond donors (Lipinski definition) is 0. The largest absolute Gasteiger partial charge is 0.236 e. The highest BCUT2D eigenvalue weighted by atomic mass is 19.1. The number of benzene rings is 1. The Morgan fingerprint density at radius 3 is 2.94 bits per heavy atom. The molecule has 3 rings (SSSR count). The Morgan fingerprint density at radius 1 is 1.24 bits per heavy atom. The zero-order chi connectivity index (χ0) is 11.8. The molecule has 1 aromatic carbocycles. The smallest absolute Gasteiger partial charge is 0.162 e. The molecule has 3 nitrogen and oxygen atoms in total. The molecule has 84 valence electrons. The van der Waals surface area contributed by atoms with Crippen LogP contribution in [0.4, 0.5) is 4.39 Å². The second-order valence-electron chi connectivity index (χ2n) is 3.91. The monoisotopic (exact) mass is 227 g/mol. The van der Waals surface area contributed by atoms with E-state index in [-0.39, 0.29) is 5.82 Å². The highest BCUT2D eigenvalue weighted by Gasteiger charge is 2.09. The molecule has 0 amide bonds. The van der Waals surface area contributed by atoms with Crippen molar-refractivity contribution in [3.63, 3.8) is 0 Å². The Bertz CT molecular complexity index is 688. The normalized spacial score (nSPS) is 10.9. The molecule has 0 aliphatic carbocycles. The van der Waals surface area contributed by atoms with Crippen LogP contribution in [0.3, 0.4) is 0 Å². The number of aryl methyl sites for hydroxylation is 1. The van der Waals surface area contributed by atoms with Crippen LogP contribution in [0.1, 0.15) is 5.56 Å². The van der Waals surface area contributed by atoms with Gasteiger partial charge in [-0.1, -0.05) is 6.07 Å². The molecule has 17 heavy (non-hydrogen) atoms. The van der Waals surface area contributed by atoms with E-state index >= 15 is 0 Å². The van der Waals surface area contributed by atoms with E-state index in [1.165, 1.54) is 12.1 Å². The van der Waals surface area contributed by atoms with Gasteiger partial charge in [0.1, 0.15) is 5.82 Å². The molecule has 0 saturated heterocycles. The van der Waals surface area contributed by atoms with Gasteiger partial charge in [0.05, 0.1) is 6.20 Å². The average Bonchev–Trinajstić information content (AvgIpc) is 2.73.